The second-order valence-corrected chi connectivity index (χ2v) is 7.33. The van der Waals surface area contributed by atoms with E-state index in [1.807, 2.05) is 13.1 Å². The summed E-state index contributed by atoms with van der Waals surface area (Å²) in [4.78, 5) is 14.5. The Labute approximate surface area is 145 Å². The molecule has 0 bridgehead atoms. The number of aryl methyl sites for hydroxylation is 3. The van der Waals surface area contributed by atoms with Crippen LogP contribution in [0.4, 0.5) is 5.82 Å². The summed E-state index contributed by atoms with van der Waals surface area (Å²) in [5.74, 6) is 1.23. The van der Waals surface area contributed by atoms with Crippen molar-refractivity contribution >= 4 is 28.9 Å². The van der Waals surface area contributed by atoms with Gasteiger partial charge in [-0.05, 0) is 11.8 Å². The number of imidazole rings is 1. The van der Waals surface area contributed by atoms with Crippen LogP contribution in [0.3, 0.4) is 0 Å². The van der Waals surface area contributed by atoms with Gasteiger partial charge in [0.05, 0.1) is 12.2 Å². The zero-order valence-electron chi connectivity index (χ0n) is 13.0. The molecule has 0 fully saturated rings. The van der Waals surface area contributed by atoms with Gasteiger partial charge in [0, 0.05) is 18.9 Å². The molecule has 0 aliphatic rings. The quantitative estimate of drug-likeness (QED) is 0.353. The zero-order valence-corrected chi connectivity index (χ0v) is 14.6. The Bertz CT molecular complexity index is 855. The summed E-state index contributed by atoms with van der Waals surface area (Å²) in [5.41, 5.74) is 0.824. The molecule has 10 nitrogen and oxygen atoms in total. The third-order valence-electron chi connectivity index (χ3n) is 3.21. The first kappa shape index (κ1) is 16.5. The predicted molar refractivity (Wildman–Crippen MR) is 87.8 cm³/mol. The molecular weight excluding hydrogens is 352 g/mol. The maximum atomic E-state index is 11.0. The Morgan fingerprint density at radius 3 is 2.83 bits per heavy atom. The first-order valence-corrected chi connectivity index (χ1v) is 8.81. The number of rotatable bonds is 7. The highest BCUT2D eigenvalue weighted by molar-refractivity contribution is 8.00. The van der Waals surface area contributed by atoms with Crippen molar-refractivity contribution in [2.75, 3.05) is 0 Å². The number of hydrogen-bond acceptors (Lipinski definition) is 9. The molecule has 0 aromatic carbocycles. The maximum absolute atomic E-state index is 11.0. The molecule has 0 amide bonds. The van der Waals surface area contributed by atoms with Gasteiger partial charge >= 0.3 is 5.82 Å². The molecule has 12 heteroatoms. The van der Waals surface area contributed by atoms with E-state index in [9.17, 15) is 10.1 Å². The Morgan fingerprint density at radius 1 is 1.29 bits per heavy atom. The van der Waals surface area contributed by atoms with Crippen LogP contribution in [0, 0.1) is 24.0 Å². The normalized spacial score (nSPS) is 11.1. The molecule has 126 valence electrons. The van der Waals surface area contributed by atoms with Gasteiger partial charge in [-0.15, -0.1) is 15.3 Å². The molecule has 0 atom stereocenters. The van der Waals surface area contributed by atoms with Crippen LogP contribution in [0.25, 0.3) is 0 Å². The minimum atomic E-state index is -0.437. The molecule has 3 aromatic heterocycles. The highest BCUT2D eigenvalue weighted by Gasteiger charge is 2.17. The van der Waals surface area contributed by atoms with Gasteiger partial charge in [-0.25, -0.2) is 14.2 Å². The van der Waals surface area contributed by atoms with Crippen LogP contribution in [-0.4, -0.2) is 39.7 Å². The van der Waals surface area contributed by atoms with Crippen molar-refractivity contribution in [2.24, 2.45) is 0 Å². The second kappa shape index (κ2) is 7.05. The zero-order chi connectivity index (χ0) is 17.1. The van der Waals surface area contributed by atoms with Crippen molar-refractivity contribution in [1.82, 2.24) is 34.7 Å². The van der Waals surface area contributed by atoms with E-state index in [1.54, 1.807) is 27.9 Å². The number of thioether (sulfide) groups is 1. The summed E-state index contributed by atoms with van der Waals surface area (Å²) in [6.07, 6.45) is 3.10. The van der Waals surface area contributed by atoms with E-state index in [1.165, 1.54) is 17.5 Å². The number of hydrogen-bond donors (Lipinski definition) is 0. The summed E-state index contributed by atoms with van der Waals surface area (Å²) in [6, 6.07) is 0. The monoisotopic (exact) mass is 366 g/mol. The number of aromatic nitrogens is 7. The van der Waals surface area contributed by atoms with Crippen LogP contribution in [0.1, 0.15) is 16.5 Å². The minimum absolute atomic E-state index is 0.0185. The van der Waals surface area contributed by atoms with Gasteiger partial charge in [0.2, 0.25) is 0 Å². The van der Waals surface area contributed by atoms with Crippen molar-refractivity contribution in [3.63, 3.8) is 0 Å². The molecule has 0 saturated heterocycles. The van der Waals surface area contributed by atoms with Crippen LogP contribution in [0.15, 0.2) is 16.7 Å². The van der Waals surface area contributed by atoms with Crippen LogP contribution >= 0.6 is 23.1 Å². The Balaban J connectivity index is 1.58. The van der Waals surface area contributed by atoms with Gasteiger partial charge in [-0.1, -0.05) is 28.3 Å². The van der Waals surface area contributed by atoms with Crippen molar-refractivity contribution < 1.29 is 4.92 Å². The van der Waals surface area contributed by atoms with Crippen LogP contribution in [-0.2, 0) is 18.8 Å². The van der Waals surface area contributed by atoms with Gasteiger partial charge in [0.1, 0.15) is 17.7 Å². The van der Waals surface area contributed by atoms with Gasteiger partial charge in [-0.2, -0.15) is 0 Å². The Hall–Kier alpha value is -2.34. The predicted octanol–water partition coefficient (Wildman–Crippen LogP) is 1.84. The summed E-state index contributed by atoms with van der Waals surface area (Å²) < 4.78 is 4.12. The second-order valence-electron chi connectivity index (χ2n) is 4.92. The third-order valence-corrected chi connectivity index (χ3v) is 5.22. The lowest BCUT2D eigenvalue weighted by Gasteiger charge is -2.02. The van der Waals surface area contributed by atoms with Gasteiger partial charge < -0.3 is 10.1 Å². The lowest BCUT2D eigenvalue weighted by Crippen LogP contribution is -2.11. The largest absolute Gasteiger partial charge is 0.358 e. The molecule has 3 rings (SSSR count). The smallest absolute Gasteiger partial charge is 0.342 e. The molecular formula is C12H14N8O2S2. The van der Waals surface area contributed by atoms with E-state index >= 15 is 0 Å². The van der Waals surface area contributed by atoms with E-state index in [2.05, 4.69) is 25.5 Å². The maximum Gasteiger partial charge on any atom is 0.342 e. The lowest BCUT2D eigenvalue weighted by atomic mass is 10.5. The molecule has 0 unspecified atom stereocenters. The van der Waals surface area contributed by atoms with Crippen LogP contribution in [0.2, 0.25) is 0 Å². The average Bonchev–Trinajstić information content (AvgIpc) is 3.24. The fourth-order valence-corrected chi connectivity index (χ4v) is 3.76. The molecule has 0 aliphatic heterocycles. The van der Waals surface area contributed by atoms with E-state index in [0.717, 1.165) is 15.0 Å². The standard InChI is InChI=1S/C12H14N8O2S2/c1-8-13-5-11(20(21)22)19(8)4-3-18-6-10(15-17-18)7-23-12-16-14-9(2)24-12/h5-6H,3-4,7H2,1-2H3. The summed E-state index contributed by atoms with van der Waals surface area (Å²) in [5, 5.41) is 28.1. The average molecular weight is 366 g/mol. The van der Waals surface area contributed by atoms with E-state index in [0.29, 0.717) is 24.7 Å². The Morgan fingerprint density at radius 2 is 2.12 bits per heavy atom. The summed E-state index contributed by atoms with van der Waals surface area (Å²) in [7, 11) is 0. The number of nitrogens with zero attached hydrogens (tertiary/aromatic N) is 8. The minimum Gasteiger partial charge on any atom is -0.358 e. The highest BCUT2D eigenvalue weighted by atomic mass is 32.2. The van der Waals surface area contributed by atoms with Gasteiger partial charge in [0.25, 0.3) is 0 Å². The van der Waals surface area contributed by atoms with E-state index < -0.39 is 4.92 Å². The highest BCUT2D eigenvalue weighted by Crippen LogP contribution is 2.24. The fraction of sp³-hybridized carbons (Fsp3) is 0.417. The van der Waals surface area contributed by atoms with E-state index in [4.69, 9.17) is 0 Å². The van der Waals surface area contributed by atoms with E-state index in [-0.39, 0.29) is 5.82 Å². The molecule has 24 heavy (non-hydrogen) atoms. The van der Waals surface area contributed by atoms with Gasteiger partial charge in [0.15, 0.2) is 10.2 Å². The van der Waals surface area contributed by atoms with Crippen molar-refractivity contribution in [1.29, 1.82) is 0 Å². The third kappa shape index (κ3) is 3.76. The fourth-order valence-electron chi connectivity index (χ4n) is 2.07. The Kier molecular flexibility index (Phi) is 4.85. The van der Waals surface area contributed by atoms with Gasteiger partial charge in [-0.3, -0.25) is 0 Å². The van der Waals surface area contributed by atoms with Crippen molar-refractivity contribution in [3.05, 3.63) is 39.0 Å². The SMILES string of the molecule is Cc1nnc(SCc2cn(CCn3c([N+](=O)[O-])cnc3C)nn2)s1. The molecule has 0 saturated carbocycles. The topological polar surface area (TPSA) is 117 Å². The summed E-state index contributed by atoms with van der Waals surface area (Å²) >= 11 is 3.10. The van der Waals surface area contributed by atoms with Crippen molar-refractivity contribution in [3.8, 4) is 0 Å². The molecule has 0 N–H and O–H groups in total. The van der Waals surface area contributed by atoms with Crippen LogP contribution in [0.5, 0.6) is 0 Å². The number of nitro groups is 1. The molecule has 0 spiro atoms. The molecule has 0 radical (unpaired) electrons. The molecule has 3 heterocycles. The van der Waals surface area contributed by atoms with Crippen LogP contribution < -0.4 is 0 Å². The first-order valence-electron chi connectivity index (χ1n) is 7.01. The van der Waals surface area contributed by atoms with Crippen molar-refractivity contribution in [2.45, 2.75) is 37.0 Å². The molecule has 3 aromatic rings. The molecule has 0 aliphatic carbocycles. The summed E-state index contributed by atoms with van der Waals surface area (Å²) in [6.45, 7) is 4.54. The first-order chi connectivity index (χ1) is 11.5. The lowest BCUT2D eigenvalue weighted by molar-refractivity contribution is -0.392.